The molecule has 0 atom stereocenters. The van der Waals surface area contributed by atoms with Crippen molar-refractivity contribution in [2.75, 3.05) is 10.8 Å². The van der Waals surface area contributed by atoms with Gasteiger partial charge < -0.3 is 15.7 Å². The number of carbonyl (C=O) groups excluding carboxylic acids is 1. The van der Waals surface area contributed by atoms with Crippen molar-refractivity contribution in [3.63, 3.8) is 0 Å². The van der Waals surface area contributed by atoms with Gasteiger partial charge in [0.1, 0.15) is 12.1 Å². The molecule has 32 heavy (non-hydrogen) atoms. The number of esters is 1. The quantitative estimate of drug-likeness (QED) is 0.108. The van der Waals surface area contributed by atoms with Crippen molar-refractivity contribution in [1.82, 2.24) is 0 Å². The molecule has 3 aromatic carbocycles. The number of oxime groups is 1. The third-order valence-electron chi connectivity index (χ3n) is 4.28. The van der Waals surface area contributed by atoms with Gasteiger partial charge in [-0.25, -0.2) is 0 Å². The van der Waals surface area contributed by atoms with Crippen LogP contribution in [0, 0.1) is 0 Å². The lowest BCUT2D eigenvalue weighted by atomic mass is 10.0. The molecule has 0 fully saturated rings. The van der Waals surface area contributed by atoms with E-state index in [9.17, 15) is 10.0 Å². The van der Waals surface area contributed by atoms with Crippen LogP contribution in [0.2, 0.25) is 10.0 Å². The number of halogens is 2. The molecule has 3 N–H and O–H groups in total. The number of ether oxygens (including phenoxy) is 1. The van der Waals surface area contributed by atoms with E-state index < -0.39 is 11.6 Å². The summed E-state index contributed by atoms with van der Waals surface area (Å²) in [6, 6.07) is 16.4. The number of anilines is 1. The Labute approximate surface area is 201 Å². The van der Waals surface area contributed by atoms with Crippen LogP contribution in [0.25, 0.3) is 10.8 Å². The molecule has 0 aliphatic rings. The third-order valence-corrected chi connectivity index (χ3v) is 5.69. The minimum Gasteiger partial charge on any atom is -0.459 e. The number of hydrogen-bond donors (Lipinski definition) is 2. The minimum absolute atomic E-state index is 0.0790. The summed E-state index contributed by atoms with van der Waals surface area (Å²) in [7, 11) is 0. The lowest BCUT2D eigenvalue weighted by molar-refractivity contribution is -0.152. The first-order valence-corrected chi connectivity index (χ1v) is 11.2. The number of amidine groups is 1. The van der Waals surface area contributed by atoms with Crippen molar-refractivity contribution < 1.29 is 14.7 Å². The van der Waals surface area contributed by atoms with Crippen molar-refractivity contribution in [1.29, 1.82) is 0 Å². The van der Waals surface area contributed by atoms with Gasteiger partial charge in [0.2, 0.25) is 0 Å². The number of hydrogen-bond acceptors (Lipinski definition) is 6. The summed E-state index contributed by atoms with van der Waals surface area (Å²) in [6.07, 6.45) is 0. The van der Waals surface area contributed by atoms with E-state index >= 15 is 0 Å². The zero-order chi connectivity index (χ0) is 23.5. The molecular weight excluding hydrogens is 469 g/mol. The molecule has 0 heterocycles. The average molecular weight is 492 g/mol. The predicted molar refractivity (Wildman–Crippen MR) is 132 cm³/mol. The Morgan fingerprint density at radius 2 is 1.78 bits per heavy atom. The maximum atomic E-state index is 12.8. The van der Waals surface area contributed by atoms with E-state index in [1.54, 1.807) is 49.3 Å². The van der Waals surface area contributed by atoms with Crippen LogP contribution in [0.3, 0.4) is 0 Å². The molecule has 0 bridgehead atoms. The Balaban J connectivity index is 2.17. The number of benzene rings is 3. The lowest BCUT2D eigenvalue weighted by Gasteiger charge is -2.28. The van der Waals surface area contributed by atoms with Crippen LogP contribution < -0.4 is 10.0 Å². The Kier molecular flexibility index (Phi) is 7.44. The number of nitrogens with zero attached hydrogens (tertiary/aromatic N) is 2. The van der Waals surface area contributed by atoms with Crippen LogP contribution in [-0.4, -0.2) is 29.2 Å². The standard InChI is InChI=1S/C23H23Cl2N3O3S/c1-23(2,3)31-20(29)13-28(32-17-11-15(24)10-16(25)12-17)21-18-7-5-4-6-14(18)8-9-19(21)22(26)27-30/h4-12,30H,13H2,1-3H3,(H2,26,27). The van der Waals surface area contributed by atoms with Crippen LogP contribution >= 0.6 is 35.1 Å². The smallest absolute Gasteiger partial charge is 0.327 e. The second-order valence-electron chi connectivity index (χ2n) is 7.99. The topological polar surface area (TPSA) is 88.2 Å². The molecule has 0 unspecified atom stereocenters. The molecule has 0 saturated carbocycles. The van der Waals surface area contributed by atoms with Crippen molar-refractivity contribution in [2.45, 2.75) is 31.3 Å². The molecule has 9 heteroatoms. The fourth-order valence-electron chi connectivity index (χ4n) is 3.14. The largest absolute Gasteiger partial charge is 0.459 e. The van der Waals surface area contributed by atoms with Gasteiger partial charge in [0.25, 0.3) is 0 Å². The zero-order valence-electron chi connectivity index (χ0n) is 17.8. The van der Waals surface area contributed by atoms with Gasteiger partial charge in [-0.15, -0.1) is 0 Å². The normalized spacial score (nSPS) is 12.1. The molecule has 168 valence electrons. The van der Waals surface area contributed by atoms with Crippen LogP contribution in [0.15, 0.2) is 64.6 Å². The molecule has 0 spiro atoms. The summed E-state index contributed by atoms with van der Waals surface area (Å²) in [5.74, 6) is -0.513. The summed E-state index contributed by atoms with van der Waals surface area (Å²) in [5.41, 5.74) is 6.42. The molecule has 0 amide bonds. The number of rotatable bonds is 6. The Hall–Kier alpha value is -2.61. The number of nitrogens with two attached hydrogens (primary N) is 1. The van der Waals surface area contributed by atoms with Gasteiger partial charge in [0, 0.05) is 25.9 Å². The van der Waals surface area contributed by atoms with Gasteiger partial charge in [-0.3, -0.25) is 9.10 Å². The first-order valence-electron chi connectivity index (χ1n) is 9.70. The molecule has 6 nitrogen and oxygen atoms in total. The predicted octanol–water partition coefficient (Wildman–Crippen LogP) is 6.10. The molecule has 3 aromatic rings. The molecule has 0 aliphatic carbocycles. The van der Waals surface area contributed by atoms with Crippen molar-refractivity contribution in [3.8, 4) is 0 Å². The Morgan fingerprint density at radius 3 is 2.41 bits per heavy atom. The van der Waals surface area contributed by atoms with Crippen LogP contribution in [0.5, 0.6) is 0 Å². The van der Waals surface area contributed by atoms with Crippen molar-refractivity contribution >= 4 is 63.4 Å². The minimum atomic E-state index is -0.653. The van der Waals surface area contributed by atoms with E-state index in [4.69, 9.17) is 33.7 Å². The third kappa shape index (κ3) is 6.00. The highest BCUT2D eigenvalue weighted by Gasteiger charge is 2.24. The summed E-state index contributed by atoms with van der Waals surface area (Å²) < 4.78 is 7.30. The van der Waals surface area contributed by atoms with Crippen molar-refractivity contribution in [2.24, 2.45) is 10.9 Å². The molecule has 0 aliphatic heterocycles. The van der Waals surface area contributed by atoms with E-state index in [1.807, 2.05) is 30.3 Å². The summed E-state index contributed by atoms with van der Waals surface area (Å²) in [5, 5.41) is 15.2. The van der Waals surface area contributed by atoms with E-state index in [0.29, 0.717) is 26.2 Å². The first kappa shape index (κ1) is 24.0. The lowest BCUT2D eigenvalue weighted by Crippen LogP contribution is -2.32. The fraction of sp³-hybridized carbons (Fsp3) is 0.217. The van der Waals surface area contributed by atoms with Crippen LogP contribution in [0.1, 0.15) is 26.3 Å². The highest BCUT2D eigenvalue weighted by Crippen LogP contribution is 2.38. The second-order valence-corrected chi connectivity index (χ2v) is 9.96. The highest BCUT2D eigenvalue weighted by molar-refractivity contribution is 8.00. The van der Waals surface area contributed by atoms with Crippen LogP contribution in [0.4, 0.5) is 5.69 Å². The first-order chi connectivity index (χ1) is 15.1. The SMILES string of the molecule is CC(C)(C)OC(=O)CN(Sc1cc(Cl)cc(Cl)c1)c1c(/C(N)=N/O)ccc2ccccc12. The number of carbonyl (C=O) groups is 1. The average Bonchev–Trinajstić information content (AvgIpc) is 2.69. The van der Waals surface area contributed by atoms with Gasteiger partial charge in [-0.05, 0) is 62.4 Å². The van der Waals surface area contributed by atoms with Gasteiger partial charge in [0.05, 0.1) is 5.69 Å². The van der Waals surface area contributed by atoms with Crippen molar-refractivity contribution in [3.05, 3.63) is 70.2 Å². The highest BCUT2D eigenvalue weighted by atomic mass is 35.5. The van der Waals surface area contributed by atoms with Gasteiger partial charge in [-0.1, -0.05) is 58.7 Å². The van der Waals surface area contributed by atoms with E-state index in [1.165, 1.54) is 11.9 Å². The zero-order valence-corrected chi connectivity index (χ0v) is 20.1. The van der Waals surface area contributed by atoms with E-state index in [2.05, 4.69) is 5.16 Å². The van der Waals surface area contributed by atoms with Gasteiger partial charge in [-0.2, -0.15) is 0 Å². The van der Waals surface area contributed by atoms with E-state index in [-0.39, 0.29) is 12.4 Å². The van der Waals surface area contributed by atoms with Gasteiger partial charge in [0.15, 0.2) is 5.84 Å². The Bertz CT molecular complexity index is 1160. The van der Waals surface area contributed by atoms with Gasteiger partial charge >= 0.3 is 5.97 Å². The number of fused-ring (bicyclic) bond motifs is 1. The summed E-state index contributed by atoms with van der Waals surface area (Å²) in [4.78, 5) is 13.5. The second kappa shape index (κ2) is 9.90. The monoisotopic (exact) mass is 491 g/mol. The molecule has 3 rings (SSSR count). The fourth-order valence-corrected chi connectivity index (χ4v) is 4.87. The van der Waals surface area contributed by atoms with Crippen LogP contribution in [-0.2, 0) is 9.53 Å². The molecule has 0 aromatic heterocycles. The van der Waals surface area contributed by atoms with E-state index in [0.717, 1.165) is 10.8 Å². The Morgan fingerprint density at radius 1 is 1.12 bits per heavy atom. The summed E-state index contributed by atoms with van der Waals surface area (Å²) >= 11 is 13.6. The summed E-state index contributed by atoms with van der Waals surface area (Å²) in [6.45, 7) is 5.31. The molecule has 0 saturated heterocycles. The maximum absolute atomic E-state index is 12.8. The molecule has 0 radical (unpaired) electrons. The molecular formula is C23H23Cl2N3O3S. The maximum Gasteiger partial charge on any atom is 0.327 e.